The lowest BCUT2D eigenvalue weighted by molar-refractivity contribution is 0.197. The first kappa shape index (κ1) is 8.79. The summed E-state index contributed by atoms with van der Waals surface area (Å²) in [6.07, 6.45) is 0.822. The predicted molar refractivity (Wildman–Crippen MR) is 42.1 cm³/mol. The zero-order valence-electron chi connectivity index (χ0n) is 6.79. The van der Waals surface area contributed by atoms with Crippen LogP contribution >= 0.6 is 0 Å². The van der Waals surface area contributed by atoms with Crippen molar-refractivity contribution in [2.45, 2.75) is 6.42 Å². The molecule has 1 rings (SSSR count). The maximum Gasteiger partial charge on any atom is 0.324 e. The van der Waals surface area contributed by atoms with Crippen LogP contribution in [0, 0.1) is 0 Å². The average Bonchev–Trinajstić information content (AvgIpc) is 2.46. The van der Waals surface area contributed by atoms with E-state index in [1.807, 2.05) is 0 Å². The Bertz CT molecular complexity index is 267. The SMILES string of the molecule is COCCCNc1no[nH]c1=O. The van der Waals surface area contributed by atoms with Crippen molar-refractivity contribution in [1.29, 1.82) is 0 Å². The molecule has 6 heteroatoms. The monoisotopic (exact) mass is 173 g/mol. The fourth-order valence-electron chi connectivity index (χ4n) is 0.736. The summed E-state index contributed by atoms with van der Waals surface area (Å²) in [4.78, 5) is 10.8. The Kier molecular flexibility index (Phi) is 3.34. The molecule has 0 aliphatic carbocycles. The molecular formula is C6H11N3O3. The van der Waals surface area contributed by atoms with Crippen LogP contribution in [0.1, 0.15) is 6.42 Å². The molecule has 0 aliphatic heterocycles. The van der Waals surface area contributed by atoms with Gasteiger partial charge in [-0.3, -0.25) is 9.42 Å². The number of H-pyrrole nitrogens is 1. The quantitative estimate of drug-likeness (QED) is 0.603. The summed E-state index contributed by atoms with van der Waals surface area (Å²) < 4.78 is 9.14. The molecule has 0 aliphatic rings. The topological polar surface area (TPSA) is 80.2 Å². The second kappa shape index (κ2) is 4.55. The van der Waals surface area contributed by atoms with Gasteiger partial charge < -0.3 is 10.1 Å². The van der Waals surface area contributed by atoms with E-state index >= 15 is 0 Å². The number of aromatic amines is 1. The number of nitrogens with one attached hydrogen (secondary N) is 2. The Labute approximate surface area is 68.9 Å². The second-order valence-electron chi connectivity index (χ2n) is 2.24. The number of methoxy groups -OCH3 is 1. The normalized spacial score (nSPS) is 10.1. The number of aromatic nitrogens is 2. The third-order valence-electron chi connectivity index (χ3n) is 1.31. The van der Waals surface area contributed by atoms with Crippen molar-refractivity contribution < 1.29 is 9.37 Å². The fraction of sp³-hybridized carbons (Fsp3) is 0.667. The highest BCUT2D eigenvalue weighted by molar-refractivity contribution is 5.27. The molecule has 12 heavy (non-hydrogen) atoms. The molecule has 0 radical (unpaired) electrons. The van der Waals surface area contributed by atoms with E-state index in [2.05, 4.69) is 20.3 Å². The van der Waals surface area contributed by atoms with E-state index in [9.17, 15) is 4.79 Å². The van der Waals surface area contributed by atoms with Gasteiger partial charge in [-0.25, -0.2) is 0 Å². The van der Waals surface area contributed by atoms with E-state index in [1.54, 1.807) is 7.11 Å². The summed E-state index contributed by atoms with van der Waals surface area (Å²) in [5, 5.41) is 8.29. The molecule has 0 spiro atoms. The first-order chi connectivity index (χ1) is 5.84. The van der Waals surface area contributed by atoms with Gasteiger partial charge in [-0.2, -0.15) is 5.16 Å². The highest BCUT2D eigenvalue weighted by atomic mass is 16.6. The smallest absolute Gasteiger partial charge is 0.324 e. The molecule has 0 aromatic carbocycles. The van der Waals surface area contributed by atoms with Crippen LogP contribution in [-0.2, 0) is 4.74 Å². The number of hydrogen-bond acceptors (Lipinski definition) is 5. The van der Waals surface area contributed by atoms with Crippen LogP contribution < -0.4 is 10.9 Å². The lowest BCUT2D eigenvalue weighted by Crippen LogP contribution is -2.12. The van der Waals surface area contributed by atoms with E-state index in [-0.39, 0.29) is 11.4 Å². The molecule has 1 aromatic rings. The van der Waals surface area contributed by atoms with Gasteiger partial charge in [0.25, 0.3) is 0 Å². The molecule has 68 valence electrons. The molecule has 0 amide bonds. The summed E-state index contributed by atoms with van der Waals surface area (Å²) >= 11 is 0. The minimum absolute atomic E-state index is 0.214. The number of nitrogens with zero attached hydrogens (tertiary/aromatic N) is 1. The van der Waals surface area contributed by atoms with Crippen molar-refractivity contribution in [3.05, 3.63) is 10.4 Å². The molecule has 0 unspecified atom stereocenters. The largest absolute Gasteiger partial charge is 0.385 e. The molecular weight excluding hydrogens is 162 g/mol. The first-order valence-electron chi connectivity index (χ1n) is 3.61. The van der Waals surface area contributed by atoms with Gasteiger partial charge >= 0.3 is 5.56 Å². The molecule has 0 fully saturated rings. The van der Waals surface area contributed by atoms with Crippen molar-refractivity contribution in [3.8, 4) is 0 Å². The molecule has 0 saturated heterocycles. The number of hydrogen-bond donors (Lipinski definition) is 2. The molecule has 0 bridgehead atoms. The third kappa shape index (κ3) is 2.39. The maximum atomic E-state index is 10.8. The number of rotatable bonds is 5. The van der Waals surface area contributed by atoms with Gasteiger partial charge in [0.2, 0.25) is 5.82 Å². The third-order valence-corrected chi connectivity index (χ3v) is 1.31. The zero-order valence-corrected chi connectivity index (χ0v) is 6.79. The van der Waals surface area contributed by atoms with Gasteiger partial charge in [0.1, 0.15) is 0 Å². The molecule has 2 N–H and O–H groups in total. The Morgan fingerprint density at radius 2 is 2.58 bits per heavy atom. The molecule has 6 nitrogen and oxygen atoms in total. The van der Waals surface area contributed by atoms with Crippen LogP contribution in [0.4, 0.5) is 5.82 Å². The number of ether oxygens (including phenoxy) is 1. The van der Waals surface area contributed by atoms with Crippen LogP contribution in [0.2, 0.25) is 0 Å². The molecule has 0 atom stereocenters. The lowest BCUT2D eigenvalue weighted by atomic mass is 10.4. The van der Waals surface area contributed by atoms with Gasteiger partial charge in [-0.15, -0.1) is 0 Å². The summed E-state index contributed by atoms with van der Waals surface area (Å²) in [5.41, 5.74) is -0.340. The van der Waals surface area contributed by atoms with Gasteiger partial charge in [0.15, 0.2) is 0 Å². The predicted octanol–water partition coefficient (Wildman–Crippen LogP) is -0.189. The van der Waals surface area contributed by atoms with Crippen LogP contribution in [0.5, 0.6) is 0 Å². The van der Waals surface area contributed by atoms with E-state index < -0.39 is 0 Å². The van der Waals surface area contributed by atoms with Crippen molar-refractivity contribution in [2.24, 2.45) is 0 Å². The fourth-order valence-corrected chi connectivity index (χ4v) is 0.736. The van der Waals surface area contributed by atoms with Crippen molar-refractivity contribution in [2.75, 3.05) is 25.6 Å². The Balaban J connectivity index is 2.24. The second-order valence-corrected chi connectivity index (χ2v) is 2.24. The van der Waals surface area contributed by atoms with Crippen molar-refractivity contribution in [3.63, 3.8) is 0 Å². The van der Waals surface area contributed by atoms with E-state index in [0.29, 0.717) is 13.2 Å². The molecule has 0 saturated carbocycles. The summed E-state index contributed by atoms with van der Waals surface area (Å²) in [5.74, 6) is 0.214. The van der Waals surface area contributed by atoms with Crippen LogP contribution in [0.15, 0.2) is 9.42 Å². The molecule has 1 aromatic heterocycles. The van der Waals surface area contributed by atoms with Crippen LogP contribution in [0.3, 0.4) is 0 Å². The van der Waals surface area contributed by atoms with E-state index in [4.69, 9.17) is 4.74 Å². The Morgan fingerprint density at radius 3 is 3.17 bits per heavy atom. The highest BCUT2D eigenvalue weighted by Crippen LogP contribution is 1.90. The molecule has 1 heterocycles. The minimum Gasteiger partial charge on any atom is -0.385 e. The van der Waals surface area contributed by atoms with Gasteiger partial charge in [-0.05, 0) is 11.6 Å². The summed E-state index contributed by atoms with van der Waals surface area (Å²) in [7, 11) is 1.63. The van der Waals surface area contributed by atoms with Gasteiger partial charge in [0, 0.05) is 20.3 Å². The van der Waals surface area contributed by atoms with Crippen LogP contribution in [-0.4, -0.2) is 30.6 Å². The zero-order chi connectivity index (χ0) is 8.81. The van der Waals surface area contributed by atoms with Gasteiger partial charge in [-0.1, -0.05) is 0 Å². The lowest BCUT2D eigenvalue weighted by Gasteiger charge is -1.98. The highest BCUT2D eigenvalue weighted by Gasteiger charge is 2.00. The Hall–Kier alpha value is -1.30. The Morgan fingerprint density at radius 1 is 1.75 bits per heavy atom. The summed E-state index contributed by atoms with van der Waals surface area (Å²) in [6, 6.07) is 0. The van der Waals surface area contributed by atoms with E-state index in [1.165, 1.54) is 0 Å². The minimum atomic E-state index is -0.340. The van der Waals surface area contributed by atoms with Gasteiger partial charge in [0.05, 0.1) is 0 Å². The summed E-state index contributed by atoms with van der Waals surface area (Å²) in [6.45, 7) is 1.30. The van der Waals surface area contributed by atoms with E-state index in [0.717, 1.165) is 6.42 Å². The van der Waals surface area contributed by atoms with Crippen molar-refractivity contribution >= 4 is 5.82 Å². The maximum absolute atomic E-state index is 10.8. The number of anilines is 1. The van der Waals surface area contributed by atoms with Crippen molar-refractivity contribution in [1.82, 2.24) is 10.3 Å². The average molecular weight is 173 g/mol. The van der Waals surface area contributed by atoms with Crippen LogP contribution in [0.25, 0.3) is 0 Å². The first-order valence-corrected chi connectivity index (χ1v) is 3.61. The standard InChI is InChI=1S/C6H11N3O3/c1-11-4-2-3-7-5-6(10)9-12-8-5/h2-4H2,1H3,(H,7,8)(H,9,10).